The zero-order chi connectivity index (χ0) is 14.0. The van der Waals surface area contributed by atoms with Crippen molar-refractivity contribution in [3.8, 4) is 17.0 Å². The number of nitrogens with two attached hydrogens (primary N) is 1. The van der Waals surface area contributed by atoms with Gasteiger partial charge < -0.3 is 10.5 Å². The van der Waals surface area contributed by atoms with Crippen molar-refractivity contribution < 1.29 is 14.1 Å². The number of aromatic nitrogens is 1. The fourth-order valence-electron chi connectivity index (χ4n) is 1.62. The average molecular weight is 263 g/mol. The SMILES string of the molecule is COc1ccc(-c2cc([N+](=O)[O-])cc(N)n2)cc1F. The Kier molecular flexibility index (Phi) is 3.28. The number of nitrogens with zero attached hydrogens (tertiary/aromatic N) is 2. The van der Waals surface area contributed by atoms with Crippen LogP contribution in [0.5, 0.6) is 5.75 Å². The highest BCUT2D eigenvalue weighted by atomic mass is 19.1. The molecule has 0 unspecified atom stereocenters. The van der Waals surface area contributed by atoms with Crippen LogP contribution in [0.2, 0.25) is 0 Å². The molecule has 6 nitrogen and oxygen atoms in total. The monoisotopic (exact) mass is 263 g/mol. The number of halogens is 1. The number of hydrogen-bond donors (Lipinski definition) is 1. The van der Waals surface area contributed by atoms with Crippen LogP contribution in [0, 0.1) is 15.9 Å². The normalized spacial score (nSPS) is 10.2. The Morgan fingerprint density at radius 2 is 2.11 bits per heavy atom. The fourth-order valence-corrected chi connectivity index (χ4v) is 1.62. The van der Waals surface area contributed by atoms with Crippen molar-refractivity contribution in [1.29, 1.82) is 0 Å². The molecule has 0 saturated heterocycles. The third-order valence-corrected chi connectivity index (χ3v) is 2.49. The summed E-state index contributed by atoms with van der Waals surface area (Å²) in [6.45, 7) is 0. The van der Waals surface area contributed by atoms with Crippen LogP contribution in [0.25, 0.3) is 11.3 Å². The number of rotatable bonds is 3. The second-order valence-electron chi connectivity index (χ2n) is 3.74. The maximum atomic E-state index is 13.6. The van der Waals surface area contributed by atoms with E-state index in [2.05, 4.69) is 4.98 Å². The Balaban J connectivity index is 2.52. The highest BCUT2D eigenvalue weighted by molar-refractivity contribution is 5.65. The Morgan fingerprint density at radius 1 is 1.37 bits per heavy atom. The first kappa shape index (κ1) is 12.7. The molecule has 19 heavy (non-hydrogen) atoms. The standard InChI is InChI=1S/C12H10FN3O3/c1-19-11-3-2-7(4-9(11)13)10-5-8(16(17)18)6-12(14)15-10/h2-6H,1H3,(H2,14,15). The van der Waals surface area contributed by atoms with E-state index in [-0.39, 0.29) is 22.9 Å². The number of hydrogen-bond acceptors (Lipinski definition) is 5. The van der Waals surface area contributed by atoms with Crippen molar-refractivity contribution in [2.24, 2.45) is 0 Å². The zero-order valence-corrected chi connectivity index (χ0v) is 9.96. The van der Waals surface area contributed by atoms with Gasteiger partial charge in [0.25, 0.3) is 5.69 Å². The lowest BCUT2D eigenvalue weighted by atomic mass is 10.1. The van der Waals surface area contributed by atoms with E-state index in [0.717, 1.165) is 6.07 Å². The molecule has 0 aliphatic rings. The molecule has 0 fully saturated rings. The summed E-state index contributed by atoms with van der Waals surface area (Å²) in [4.78, 5) is 14.1. The molecule has 0 radical (unpaired) electrons. The number of nitro groups is 1. The van der Waals surface area contributed by atoms with Gasteiger partial charge in [-0.1, -0.05) is 0 Å². The third kappa shape index (κ3) is 2.59. The maximum Gasteiger partial charge on any atom is 0.275 e. The van der Waals surface area contributed by atoms with Crippen molar-refractivity contribution in [3.63, 3.8) is 0 Å². The van der Waals surface area contributed by atoms with E-state index in [1.807, 2.05) is 0 Å². The molecule has 1 aromatic heterocycles. The first-order chi connectivity index (χ1) is 9.01. The second-order valence-corrected chi connectivity index (χ2v) is 3.74. The van der Waals surface area contributed by atoms with Crippen LogP contribution >= 0.6 is 0 Å². The van der Waals surface area contributed by atoms with E-state index in [1.54, 1.807) is 6.07 Å². The molecule has 0 saturated carbocycles. The highest BCUT2D eigenvalue weighted by Crippen LogP contribution is 2.27. The number of anilines is 1. The van der Waals surface area contributed by atoms with E-state index in [1.165, 1.54) is 25.3 Å². The van der Waals surface area contributed by atoms with Gasteiger partial charge in [-0.25, -0.2) is 9.37 Å². The van der Waals surface area contributed by atoms with Crippen molar-refractivity contribution in [2.45, 2.75) is 0 Å². The van der Waals surface area contributed by atoms with Gasteiger partial charge in [0.05, 0.1) is 23.8 Å². The lowest BCUT2D eigenvalue weighted by Crippen LogP contribution is -1.97. The molecule has 1 aromatic carbocycles. The molecule has 98 valence electrons. The molecule has 7 heteroatoms. The van der Waals surface area contributed by atoms with Crippen molar-refractivity contribution in [3.05, 3.63) is 46.3 Å². The van der Waals surface area contributed by atoms with Crippen LogP contribution in [0.15, 0.2) is 30.3 Å². The molecular weight excluding hydrogens is 253 g/mol. The van der Waals surface area contributed by atoms with Crippen molar-refractivity contribution in [2.75, 3.05) is 12.8 Å². The van der Waals surface area contributed by atoms with Crippen LogP contribution in [-0.4, -0.2) is 17.0 Å². The molecule has 1 heterocycles. The van der Waals surface area contributed by atoms with Gasteiger partial charge in [0.2, 0.25) is 0 Å². The first-order valence-corrected chi connectivity index (χ1v) is 5.27. The van der Waals surface area contributed by atoms with Gasteiger partial charge in [-0.05, 0) is 18.2 Å². The van der Waals surface area contributed by atoms with Crippen LogP contribution in [0.3, 0.4) is 0 Å². The summed E-state index contributed by atoms with van der Waals surface area (Å²) < 4.78 is 18.4. The minimum atomic E-state index is -0.582. The first-order valence-electron chi connectivity index (χ1n) is 5.27. The van der Waals surface area contributed by atoms with Gasteiger partial charge >= 0.3 is 0 Å². The quantitative estimate of drug-likeness (QED) is 0.678. The molecule has 0 spiro atoms. The fraction of sp³-hybridized carbons (Fsp3) is 0.0833. The summed E-state index contributed by atoms with van der Waals surface area (Å²) in [6.07, 6.45) is 0. The van der Waals surface area contributed by atoms with E-state index in [4.69, 9.17) is 10.5 Å². The zero-order valence-electron chi connectivity index (χ0n) is 9.96. The molecule has 0 aliphatic heterocycles. The summed E-state index contributed by atoms with van der Waals surface area (Å²) in [5, 5.41) is 10.7. The number of benzene rings is 1. The van der Waals surface area contributed by atoms with Crippen LogP contribution < -0.4 is 10.5 Å². The van der Waals surface area contributed by atoms with Gasteiger partial charge in [0.1, 0.15) is 5.82 Å². The number of methoxy groups -OCH3 is 1. The molecule has 2 N–H and O–H groups in total. The molecule has 0 atom stereocenters. The van der Waals surface area contributed by atoms with E-state index in [9.17, 15) is 14.5 Å². The van der Waals surface area contributed by atoms with Crippen LogP contribution in [0.1, 0.15) is 0 Å². The Hall–Kier alpha value is -2.70. The van der Waals surface area contributed by atoms with E-state index < -0.39 is 10.7 Å². The summed E-state index contributed by atoms with van der Waals surface area (Å²) in [7, 11) is 1.35. The van der Waals surface area contributed by atoms with Gasteiger partial charge in [0.15, 0.2) is 11.6 Å². The molecular formula is C12H10FN3O3. The van der Waals surface area contributed by atoms with Gasteiger partial charge in [-0.15, -0.1) is 0 Å². The molecule has 0 aliphatic carbocycles. The lowest BCUT2D eigenvalue weighted by molar-refractivity contribution is -0.384. The smallest absolute Gasteiger partial charge is 0.275 e. The predicted octanol–water partition coefficient (Wildman–Crippen LogP) is 2.39. The summed E-state index contributed by atoms with van der Waals surface area (Å²) in [6, 6.07) is 6.53. The number of ether oxygens (including phenoxy) is 1. The van der Waals surface area contributed by atoms with Gasteiger partial charge in [-0.3, -0.25) is 10.1 Å². The topological polar surface area (TPSA) is 91.3 Å². The van der Waals surface area contributed by atoms with Gasteiger partial charge in [-0.2, -0.15) is 0 Å². The Morgan fingerprint density at radius 3 is 2.68 bits per heavy atom. The number of nitrogen functional groups attached to an aromatic ring is 1. The highest BCUT2D eigenvalue weighted by Gasteiger charge is 2.12. The summed E-state index contributed by atoms with van der Waals surface area (Å²) >= 11 is 0. The van der Waals surface area contributed by atoms with Crippen molar-refractivity contribution in [1.82, 2.24) is 4.98 Å². The minimum Gasteiger partial charge on any atom is -0.494 e. The molecule has 0 amide bonds. The third-order valence-electron chi connectivity index (χ3n) is 2.49. The van der Waals surface area contributed by atoms with E-state index >= 15 is 0 Å². The Bertz CT molecular complexity index is 646. The maximum absolute atomic E-state index is 13.6. The minimum absolute atomic E-state index is 0.000395. The largest absolute Gasteiger partial charge is 0.494 e. The predicted molar refractivity (Wildman–Crippen MR) is 67.2 cm³/mol. The summed E-state index contributed by atoms with van der Waals surface area (Å²) in [5.41, 5.74) is 5.91. The Labute approximate surface area is 107 Å². The molecule has 2 rings (SSSR count). The van der Waals surface area contributed by atoms with Crippen LogP contribution in [0.4, 0.5) is 15.9 Å². The molecule has 0 bridgehead atoms. The van der Waals surface area contributed by atoms with Gasteiger partial charge in [0, 0.05) is 11.6 Å². The average Bonchev–Trinajstić information content (AvgIpc) is 2.37. The summed E-state index contributed by atoms with van der Waals surface area (Å²) in [5.74, 6) is -0.491. The lowest BCUT2D eigenvalue weighted by Gasteiger charge is -2.05. The number of pyridine rings is 1. The van der Waals surface area contributed by atoms with Crippen LogP contribution in [-0.2, 0) is 0 Å². The second kappa shape index (κ2) is 4.89. The molecule has 2 aromatic rings. The van der Waals surface area contributed by atoms with E-state index in [0.29, 0.717) is 5.56 Å². The van der Waals surface area contributed by atoms with Crippen molar-refractivity contribution >= 4 is 11.5 Å².